The molecule has 2 heterocycles. The van der Waals surface area contributed by atoms with Crippen LogP contribution in [0.5, 0.6) is 0 Å². The van der Waals surface area contributed by atoms with E-state index in [1.54, 1.807) is 11.3 Å². The third-order valence-corrected chi connectivity index (χ3v) is 4.19. The van der Waals surface area contributed by atoms with Crippen molar-refractivity contribution in [3.8, 4) is 0 Å². The number of rotatable bonds is 4. The Morgan fingerprint density at radius 3 is 2.89 bits per heavy atom. The summed E-state index contributed by atoms with van der Waals surface area (Å²) in [6.07, 6.45) is 2.09. The number of nitrogens with one attached hydrogen (secondary N) is 1. The molecular formula is C15H17N3S. The maximum atomic E-state index is 4.57. The third kappa shape index (κ3) is 2.41. The molecule has 0 aliphatic carbocycles. The molecule has 0 fully saturated rings. The second-order valence-electron chi connectivity index (χ2n) is 4.71. The van der Waals surface area contributed by atoms with Gasteiger partial charge in [-0.15, -0.1) is 11.3 Å². The summed E-state index contributed by atoms with van der Waals surface area (Å²) in [5.41, 5.74) is 3.67. The van der Waals surface area contributed by atoms with Crippen LogP contribution in [-0.4, -0.2) is 9.38 Å². The average molecular weight is 271 g/mol. The van der Waals surface area contributed by atoms with Gasteiger partial charge < -0.3 is 5.32 Å². The summed E-state index contributed by atoms with van der Waals surface area (Å²) in [5.74, 6) is 0. The molecule has 3 rings (SSSR count). The van der Waals surface area contributed by atoms with Gasteiger partial charge in [-0.1, -0.05) is 30.3 Å². The van der Waals surface area contributed by atoms with E-state index >= 15 is 0 Å². The van der Waals surface area contributed by atoms with Crippen molar-refractivity contribution < 1.29 is 0 Å². The summed E-state index contributed by atoms with van der Waals surface area (Å²) in [4.78, 5) is 5.64. The van der Waals surface area contributed by atoms with Gasteiger partial charge in [-0.25, -0.2) is 4.98 Å². The normalized spacial score (nSPS) is 12.9. The Morgan fingerprint density at radius 2 is 2.11 bits per heavy atom. The Hall–Kier alpha value is -1.65. The molecule has 1 atom stereocenters. The number of fused-ring (bicyclic) bond motifs is 1. The molecule has 2 aromatic heterocycles. The molecule has 0 amide bonds. The first-order valence-electron chi connectivity index (χ1n) is 6.45. The van der Waals surface area contributed by atoms with Gasteiger partial charge in [-0.2, -0.15) is 0 Å². The highest BCUT2D eigenvalue weighted by Crippen LogP contribution is 2.18. The third-order valence-electron chi connectivity index (χ3n) is 3.44. The number of aromatic nitrogens is 2. The Kier molecular flexibility index (Phi) is 3.36. The van der Waals surface area contributed by atoms with E-state index in [4.69, 9.17) is 0 Å². The van der Waals surface area contributed by atoms with Gasteiger partial charge in [0.2, 0.25) is 0 Å². The predicted octanol–water partition coefficient (Wildman–Crippen LogP) is 3.56. The minimum Gasteiger partial charge on any atom is -0.305 e. The monoisotopic (exact) mass is 271 g/mol. The molecule has 98 valence electrons. The summed E-state index contributed by atoms with van der Waals surface area (Å²) in [6.45, 7) is 5.10. The van der Waals surface area contributed by atoms with Crippen LogP contribution >= 0.6 is 11.3 Å². The van der Waals surface area contributed by atoms with Crippen molar-refractivity contribution in [3.63, 3.8) is 0 Å². The van der Waals surface area contributed by atoms with Crippen LogP contribution in [0, 0.1) is 6.92 Å². The highest BCUT2D eigenvalue weighted by molar-refractivity contribution is 7.15. The molecule has 0 saturated carbocycles. The lowest BCUT2D eigenvalue weighted by Crippen LogP contribution is -2.19. The standard InChI is InChI=1S/C15H17N3S/c1-11(13-6-4-3-5-7-13)16-10-14-12(2)17-15-18(14)8-9-19-15/h3-9,11,16H,10H2,1-2H3/t11-/m1/s1. The van der Waals surface area contributed by atoms with Gasteiger partial charge in [0.05, 0.1) is 11.4 Å². The van der Waals surface area contributed by atoms with Gasteiger partial charge in [0.25, 0.3) is 0 Å². The smallest absolute Gasteiger partial charge is 0.194 e. The second kappa shape index (κ2) is 5.15. The quantitative estimate of drug-likeness (QED) is 0.786. The molecule has 4 heteroatoms. The van der Waals surface area contributed by atoms with E-state index in [0.29, 0.717) is 6.04 Å². The van der Waals surface area contributed by atoms with E-state index < -0.39 is 0 Å². The zero-order valence-corrected chi connectivity index (χ0v) is 11.9. The number of benzene rings is 1. The van der Waals surface area contributed by atoms with Crippen molar-refractivity contribution in [2.75, 3.05) is 0 Å². The molecule has 0 bridgehead atoms. The molecule has 0 saturated heterocycles. The Bertz CT molecular complexity index is 669. The largest absolute Gasteiger partial charge is 0.305 e. The van der Waals surface area contributed by atoms with Gasteiger partial charge in [-0.3, -0.25) is 4.40 Å². The molecule has 3 aromatic rings. The summed E-state index contributed by atoms with van der Waals surface area (Å²) >= 11 is 1.68. The van der Waals surface area contributed by atoms with Crippen molar-refractivity contribution in [2.24, 2.45) is 0 Å². The average Bonchev–Trinajstić information content (AvgIpc) is 2.98. The number of hydrogen-bond donors (Lipinski definition) is 1. The van der Waals surface area contributed by atoms with Crippen LogP contribution in [0.1, 0.15) is 29.9 Å². The van der Waals surface area contributed by atoms with Crippen LogP contribution in [-0.2, 0) is 6.54 Å². The molecule has 0 radical (unpaired) electrons. The van der Waals surface area contributed by atoms with Crippen LogP contribution in [0.15, 0.2) is 41.9 Å². The van der Waals surface area contributed by atoms with E-state index in [0.717, 1.165) is 17.2 Å². The first-order chi connectivity index (χ1) is 9.25. The van der Waals surface area contributed by atoms with Crippen LogP contribution < -0.4 is 5.32 Å². The molecule has 0 unspecified atom stereocenters. The van der Waals surface area contributed by atoms with Gasteiger partial charge in [-0.05, 0) is 19.4 Å². The van der Waals surface area contributed by atoms with E-state index in [9.17, 15) is 0 Å². The van der Waals surface area contributed by atoms with Gasteiger partial charge in [0, 0.05) is 24.2 Å². The molecular weight excluding hydrogens is 254 g/mol. The molecule has 3 nitrogen and oxygen atoms in total. The molecule has 0 aliphatic rings. The Morgan fingerprint density at radius 1 is 1.32 bits per heavy atom. The summed E-state index contributed by atoms with van der Waals surface area (Å²) in [7, 11) is 0. The molecule has 0 aliphatic heterocycles. The fourth-order valence-corrected chi connectivity index (χ4v) is 3.04. The minimum atomic E-state index is 0.338. The topological polar surface area (TPSA) is 29.3 Å². The van der Waals surface area contributed by atoms with Crippen LogP contribution in [0.25, 0.3) is 4.96 Å². The van der Waals surface area contributed by atoms with Crippen molar-refractivity contribution in [3.05, 3.63) is 58.9 Å². The van der Waals surface area contributed by atoms with Crippen molar-refractivity contribution in [1.29, 1.82) is 0 Å². The highest BCUT2D eigenvalue weighted by Gasteiger charge is 2.11. The van der Waals surface area contributed by atoms with E-state index in [-0.39, 0.29) is 0 Å². The van der Waals surface area contributed by atoms with Crippen LogP contribution in [0.2, 0.25) is 0 Å². The van der Waals surface area contributed by atoms with Crippen molar-refractivity contribution in [1.82, 2.24) is 14.7 Å². The zero-order chi connectivity index (χ0) is 13.2. The first kappa shape index (κ1) is 12.4. The Labute approximate surface area is 116 Å². The summed E-state index contributed by atoms with van der Waals surface area (Å²) in [5, 5.41) is 5.64. The lowest BCUT2D eigenvalue weighted by atomic mass is 10.1. The SMILES string of the molecule is Cc1nc2sccn2c1CN[C@H](C)c1ccccc1. The predicted molar refractivity (Wildman–Crippen MR) is 79.5 cm³/mol. The number of nitrogens with zero attached hydrogens (tertiary/aromatic N) is 2. The molecule has 0 spiro atoms. The maximum Gasteiger partial charge on any atom is 0.194 e. The fraction of sp³-hybridized carbons (Fsp3) is 0.267. The van der Waals surface area contributed by atoms with Crippen LogP contribution in [0.3, 0.4) is 0 Å². The van der Waals surface area contributed by atoms with Crippen molar-refractivity contribution in [2.45, 2.75) is 26.4 Å². The molecule has 19 heavy (non-hydrogen) atoms. The summed E-state index contributed by atoms with van der Waals surface area (Å²) < 4.78 is 2.17. The second-order valence-corrected chi connectivity index (χ2v) is 5.59. The Balaban J connectivity index is 1.76. The van der Waals surface area contributed by atoms with Gasteiger partial charge in [0.15, 0.2) is 4.96 Å². The number of thiazole rings is 1. The lowest BCUT2D eigenvalue weighted by molar-refractivity contribution is 0.564. The number of aryl methyl sites for hydroxylation is 1. The van der Waals surface area contributed by atoms with Gasteiger partial charge in [0.1, 0.15) is 0 Å². The first-order valence-corrected chi connectivity index (χ1v) is 7.33. The van der Waals surface area contributed by atoms with Crippen molar-refractivity contribution >= 4 is 16.3 Å². The lowest BCUT2D eigenvalue weighted by Gasteiger charge is -2.14. The number of imidazole rings is 1. The summed E-state index contributed by atoms with van der Waals surface area (Å²) in [6, 6.07) is 10.8. The van der Waals surface area contributed by atoms with E-state index in [2.05, 4.69) is 64.4 Å². The van der Waals surface area contributed by atoms with E-state index in [1.807, 2.05) is 6.07 Å². The zero-order valence-electron chi connectivity index (χ0n) is 11.1. The van der Waals surface area contributed by atoms with Gasteiger partial charge >= 0.3 is 0 Å². The highest BCUT2D eigenvalue weighted by atomic mass is 32.1. The maximum absolute atomic E-state index is 4.57. The van der Waals surface area contributed by atoms with E-state index in [1.165, 1.54) is 11.3 Å². The van der Waals surface area contributed by atoms with Crippen LogP contribution in [0.4, 0.5) is 0 Å². The molecule has 1 N–H and O–H groups in total. The fourth-order valence-electron chi connectivity index (χ4n) is 2.26. The molecule has 1 aromatic carbocycles. The minimum absolute atomic E-state index is 0.338. The number of hydrogen-bond acceptors (Lipinski definition) is 3.